The van der Waals surface area contributed by atoms with Crippen LogP contribution in [0.2, 0.25) is 5.02 Å². The molecule has 0 bridgehead atoms. The minimum Gasteiger partial charge on any atom is -0.858 e. The molecule has 0 radical (unpaired) electrons. The van der Waals surface area contributed by atoms with Crippen molar-refractivity contribution in [2.45, 2.75) is 6.36 Å². The van der Waals surface area contributed by atoms with E-state index >= 15 is 0 Å². The minimum atomic E-state index is -4.85. The number of sulfonamides is 1. The molecule has 0 atom stereocenters. The van der Waals surface area contributed by atoms with Crippen LogP contribution in [0.5, 0.6) is 5.75 Å². The van der Waals surface area contributed by atoms with Crippen LogP contribution in [-0.4, -0.2) is 20.7 Å². The number of rotatable bonds is 5. The maximum absolute atomic E-state index is 12.9. The summed E-state index contributed by atoms with van der Waals surface area (Å²) in [6, 6.07) is 7.05. The molecular formula is C16H9ClF4NNaO4S. The summed E-state index contributed by atoms with van der Waals surface area (Å²) in [6.45, 7) is 0. The Morgan fingerprint density at radius 1 is 1.14 bits per heavy atom. The van der Waals surface area contributed by atoms with E-state index in [1.807, 2.05) is 0 Å². The number of alkyl halides is 3. The summed E-state index contributed by atoms with van der Waals surface area (Å²) in [5.74, 6) is -2.39. The van der Waals surface area contributed by atoms with E-state index in [0.29, 0.717) is 5.41 Å². The molecule has 28 heavy (non-hydrogen) atoms. The molecule has 0 spiro atoms. The zero-order chi connectivity index (χ0) is 20.2. The van der Waals surface area contributed by atoms with E-state index in [2.05, 4.69) is 9.13 Å². The second-order valence-electron chi connectivity index (χ2n) is 4.96. The molecule has 12 heteroatoms. The van der Waals surface area contributed by atoms with Gasteiger partial charge in [0.05, 0.1) is 10.4 Å². The van der Waals surface area contributed by atoms with Gasteiger partial charge >= 0.3 is 35.9 Å². The molecule has 2 rings (SSSR count). The topological polar surface area (TPSA) is 78.8 Å². The average molecular weight is 446 g/mol. The molecule has 2 aromatic rings. The molecule has 0 aromatic heterocycles. The van der Waals surface area contributed by atoms with Crippen LogP contribution in [0.4, 0.5) is 17.6 Å². The van der Waals surface area contributed by atoms with E-state index in [9.17, 15) is 31.1 Å². The molecule has 0 saturated heterocycles. The normalized spacial score (nSPS) is 12.7. The molecule has 0 aliphatic heterocycles. The fourth-order valence-corrected chi connectivity index (χ4v) is 2.77. The molecule has 0 aliphatic rings. The molecule has 0 amide bonds. The summed E-state index contributed by atoms with van der Waals surface area (Å²) in [7, 11) is -4.36. The summed E-state index contributed by atoms with van der Waals surface area (Å²) in [6.07, 6.45) is -3.82. The average Bonchev–Trinajstić information content (AvgIpc) is 2.52. The molecule has 0 saturated carbocycles. The number of hydrogen-bond acceptors (Lipinski definition) is 4. The van der Waals surface area contributed by atoms with Crippen molar-refractivity contribution >= 4 is 33.6 Å². The van der Waals surface area contributed by atoms with Crippen molar-refractivity contribution in [3.8, 4) is 5.75 Å². The molecule has 5 nitrogen and oxygen atoms in total. The second-order valence-corrected chi connectivity index (χ2v) is 6.85. The van der Waals surface area contributed by atoms with Crippen LogP contribution in [0.25, 0.3) is 6.08 Å². The van der Waals surface area contributed by atoms with Crippen LogP contribution >= 0.6 is 11.6 Å². The van der Waals surface area contributed by atoms with Gasteiger partial charge < -0.3 is 9.84 Å². The fourth-order valence-electron chi connectivity index (χ4n) is 1.80. The van der Waals surface area contributed by atoms with E-state index in [1.165, 1.54) is 12.1 Å². The molecule has 0 unspecified atom stereocenters. The van der Waals surface area contributed by atoms with Gasteiger partial charge in [0.2, 0.25) is 0 Å². The maximum Gasteiger partial charge on any atom is 1.00 e. The van der Waals surface area contributed by atoms with Gasteiger partial charge in [-0.2, -0.15) is 12.8 Å². The second kappa shape index (κ2) is 9.75. The molecular weight excluding hydrogens is 437 g/mol. The Bertz CT molecular complexity index is 993. The zero-order valence-electron chi connectivity index (χ0n) is 14.1. The summed E-state index contributed by atoms with van der Waals surface area (Å²) in [4.78, 5) is 0. The quantitative estimate of drug-likeness (QED) is 0.290. The molecule has 0 aliphatic carbocycles. The Kier molecular flexibility index (Phi) is 8.51. The van der Waals surface area contributed by atoms with E-state index in [1.54, 1.807) is 0 Å². The van der Waals surface area contributed by atoms with Gasteiger partial charge in [0, 0.05) is 11.5 Å². The Balaban J connectivity index is 0.00000392. The Morgan fingerprint density at radius 3 is 2.29 bits per heavy atom. The van der Waals surface area contributed by atoms with Gasteiger partial charge in [-0.3, -0.25) is 0 Å². The predicted octanol–water partition coefficient (Wildman–Crippen LogP) is 0.489. The van der Waals surface area contributed by atoms with Crippen molar-refractivity contribution < 1.29 is 65.4 Å². The third-order valence-corrected chi connectivity index (χ3v) is 4.13. The van der Waals surface area contributed by atoms with E-state index in [0.717, 1.165) is 36.4 Å². The summed E-state index contributed by atoms with van der Waals surface area (Å²) < 4.78 is 79.6. The molecule has 144 valence electrons. The van der Waals surface area contributed by atoms with E-state index in [4.69, 9.17) is 11.6 Å². The van der Waals surface area contributed by atoms with Crippen molar-refractivity contribution in [2.24, 2.45) is 4.40 Å². The van der Waals surface area contributed by atoms with Crippen LogP contribution < -0.4 is 39.4 Å². The maximum atomic E-state index is 12.9. The SMILES string of the molecule is O=S(=O)(/C=C/c1ccc(OC(F)(F)F)cc1)/N=C(\[O-])c1ccc(F)cc1Cl.[Na+]. The van der Waals surface area contributed by atoms with Crippen LogP contribution in [0.3, 0.4) is 0 Å². The van der Waals surface area contributed by atoms with Gasteiger partial charge in [-0.15, -0.1) is 13.2 Å². The van der Waals surface area contributed by atoms with Crippen molar-refractivity contribution in [2.75, 3.05) is 0 Å². The number of ether oxygens (including phenoxy) is 1. The minimum absolute atomic E-state index is 0. The third kappa shape index (κ3) is 7.80. The number of nitrogens with zero attached hydrogens (tertiary/aromatic N) is 1. The largest absolute Gasteiger partial charge is 1.00 e. The number of benzene rings is 2. The molecule has 0 heterocycles. The molecule has 2 aromatic carbocycles. The van der Waals surface area contributed by atoms with Crippen molar-refractivity contribution in [3.05, 3.63) is 69.8 Å². The smallest absolute Gasteiger partial charge is 0.858 e. The van der Waals surface area contributed by atoms with Gasteiger partial charge in [-0.1, -0.05) is 23.7 Å². The predicted molar refractivity (Wildman–Crippen MR) is 89.0 cm³/mol. The zero-order valence-corrected chi connectivity index (χ0v) is 17.6. The summed E-state index contributed by atoms with van der Waals surface area (Å²) in [5.41, 5.74) is -0.0840. The Morgan fingerprint density at radius 2 is 1.75 bits per heavy atom. The van der Waals surface area contributed by atoms with Gasteiger partial charge in [-0.05, 0) is 42.0 Å². The fraction of sp³-hybridized carbons (Fsp3) is 0.0625. The van der Waals surface area contributed by atoms with Crippen molar-refractivity contribution in [1.82, 2.24) is 0 Å². The number of halogens is 5. The first-order chi connectivity index (χ1) is 12.5. The first-order valence-electron chi connectivity index (χ1n) is 6.96. The molecule has 0 fully saturated rings. The summed E-state index contributed by atoms with van der Waals surface area (Å²) in [5, 5.41) is 12.2. The van der Waals surface area contributed by atoms with Gasteiger partial charge in [0.25, 0.3) is 10.0 Å². The van der Waals surface area contributed by atoms with Crippen molar-refractivity contribution in [1.29, 1.82) is 0 Å². The Hall–Kier alpha value is -1.59. The Labute approximate surface area is 184 Å². The van der Waals surface area contributed by atoms with E-state index < -0.39 is 33.9 Å². The van der Waals surface area contributed by atoms with E-state index in [-0.39, 0.29) is 45.7 Å². The van der Waals surface area contributed by atoms with Crippen LogP contribution in [0.1, 0.15) is 11.1 Å². The summed E-state index contributed by atoms with van der Waals surface area (Å²) >= 11 is 5.66. The van der Waals surface area contributed by atoms with Gasteiger partial charge in [0.15, 0.2) is 0 Å². The monoisotopic (exact) mass is 445 g/mol. The van der Waals surface area contributed by atoms with Crippen molar-refractivity contribution in [3.63, 3.8) is 0 Å². The van der Waals surface area contributed by atoms with Gasteiger partial charge in [0.1, 0.15) is 11.6 Å². The number of hydrogen-bond donors (Lipinski definition) is 0. The molecule has 0 N–H and O–H groups in total. The first-order valence-corrected chi connectivity index (χ1v) is 8.85. The van der Waals surface area contributed by atoms with Crippen LogP contribution in [-0.2, 0) is 10.0 Å². The van der Waals surface area contributed by atoms with Gasteiger partial charge in [-0.25, -0.2) is 4.39 Å². The van der Waals surface area contributed by atoms with Crippen LogP contribution in [0.15, 0.2) is 52.3 Å². The van der Waals surface area contributed by atoms with Crippen LogP contribution in [0, 0.1) is 5.82 Å². The standard InChI is InChI=1S/C16H10ClF4NO4S.Na/c17-14-9-11(18)3-6-13(14)15(23)22-27(24,25)8-7-10-1-4-12(5-2-10)26-16(19,20)21;/h1-9H,(H,22,23);/q;+1/p-1/b8-7+;. The first kappa shape index (κ1) is 24.4. The third-order valence-electron chi connectivity index (χ3n) is 2.92.